The number of halogens is 1. The molecule has 0 aromatic heterocycles. The summed E-state index contributed by atoms with van der Waals surface area (Å²) in [6.45, 7) is 0. The standard InChI is InChI=1S/C11H6IN3O2/c12-9-3-8(11(16)17)1-2-10(9)15-6-7(4-13)5-14/h1-3,6,15H,(H,16,17). The van der Waals surface area contributed by atoms with Crippen LogP contribution in [0.3, 0.4) is 0 Å². The number of anilines is 1. The van der Waals surface area contributed by atoms with E-state index in [0.29, 0.717) is 9.26 Å². The minimum Gasteiger partial charge on any atom is -0.478 e. The lowest BCUT2D eigenvalue weighted by atomic mass is 10.2. The Balaban J connectivity index is 2.96. The third kappa shape index (κ3) is 3.47. The second-order valence-electron chi connectivity index (χ2n) is 2.93. The summed E-state index contributed by atoms with van der Waals surface area (Å²) >= 11 is 1.97. The van der Waals surface area contributed by atoms with Gasteiger partial charge in [-0.25, -0.2) is 4.79 Å². The van der Waals surface area contributed by atoms with E-state index in [1.807, 2.05) is 22.6 Å². The Kier molecular flexibility index (Phi) is 4.49. The molecule has 0 aliphatic rings. The van der Waals surface area contributed by atoms with Crippen molar-refractivity contribution in [2.75, 3.05) is 5.32 Å². The van der Waals surface area contributed by atoms with Crippen molar-refractivity contribution < 1.29 is 9.90 Å². The van der Waals surface area contributed by atoms with Gasteiger partial charge in [-0.3, -0.25) is 0 Å². The molecule has 84 valence electrons. The Morgan fingerprint density at radius 3 is 2.53 bits per heavy atom. The highest BCUT2D eigenvalue weighted by Crippen LogP contribution is 2.20. The number of hydrogen-bond acceptors (Lipinski definition) is 4. The second kappa shape index (κ2) is 5.87. The molecule has 0 amide bonds. The first-order valence-corrected chi connectivity index (χ1v) is 5.46. The average Bonchev–Trinajstić information content (AvgIpc) is 2.31. The number of hydrogen-bond donors (Lipinski definition) is 2. The molecule has 0 atom stereocenters. The van der Waals surface area contributed by atoms with E-state index in [4.69, 9.17) is 15.6 Å². The van der Waals surface area contributed by atoms with Gasteiger partial charge in [-0.2, -0.15) is 10.5 Å². The van der Waals surface area contributed by atoms with Crippen LogP contribution in [0.2, 0.25) is 0 Å². The number of carboxylic acid groups (broad SMARTS) is 1. The Hall–Kier alpha value is -2.06. The number of carbonyl (C=O) groups is 1. The number of aromatic carboxylic acids is 1. The number of benzene rings is 1. The van der Waals surface area contributed by atoms with Crippen LogP contribution >= 0.6 is 22.6 Å². The first-order valence-electron chi connectivity index (χ1n) is 4.38. The maximum Gasteiger partial charge on any atom is 0.335 e. The molecule has 0 bridgehead atoms. The Morgan fingerprint density at radius 2 is 2.06 bits per heavy atom. The maximum absolute atomic E-state index is 10.7. The van der Waals surface area contributed by atoms with E-state index in [1.54, 1.807) is 18.2 Å². The molecule has 0 aliphatic heterocycles. The summed E-state index contributed by atoms with van der Waals surface area (Å²) in [5, 5.41) is 28.6. The van der Waals surface area contributed by atoms with Crippen LogP contribution in [0.5, 0.6) is 0 Å². The predicted octanol–water partition coefficient (Wildman–Crippen LogP) is 2.33. The number of rotatable bonds is 3. The molecule has 17 heavy (non-hydrogen) atoms. The molecule has 0 heterocycles. The van der Waals surface area contributed by atoms with Crippen molar-refractivity contribution in [1.82, 2.24) is 0 Å². The van der Waals surface area contributed by atoms with E-state index in [2.05, 4.69) is 5.32 Å². The number of nitrogens with one attached hydrogen (secondary N) is 1. The van der Waals surface area contributed by atoms with E-state index >= 15 is 0 Å². The van der Waals surface area contributed by atoms with Crippen LogP contribution in [-0.2, 0) is 0 Å². The van der Waals surface area contributed by atoms with E-state index in [-0.39, 0.29) is 11.1 Å². The van der Waals surface area contributed by atoms with Crippen molar-refractivity contribution in [3.63, 3.8) is 0 Å². The molecule has 2 N–H and O–H groups in total. The molecule has 0 radical (unpaired) electrons. The average molecular weight is 339 g/mol. The van der Waals surface area contributed by atoms with Gasteiger partial charge in [0.25, 0.3) is 0 Å². The normalized spacial score (nSPS) is 8.65. The van der Waals surface area contributed by atoms with Gasteiger partial charge in [0, 0.05) is 9.77 Å². The molecule has 6 heteroatoms. The van der Waals surface area contributed by atoms with Crippen molar-refractivity contribution in [1.29, 1.82) is 10.5 Å². The van der Waals surface area contributed by atoms with Crippen LogP contribution in [0.25, 0.3) is 0 Å². The van der Waals surface area contributed by atoms with Crippen LogP contribution in [0.1, 0.15) is 10.4 Å². The Morgan fingerprint density at radius 1 is 1.41 bits per heavy atom. The van der Waals surface area contributed by atoms with Gasteiger partial charge in [-0.1, -0.05) is 0 Å². The van der Waals surface area contributed by atoms with Gasteiger partial charge < -0.3 is 10.4 Å². The first-order chi connectivity index (χ1) is 8.08. The molecule has 0 saturated carbocycles. The predicted molar refractivity (Wildman–Crippen MR) is 69.1 cm³/mol. The zero-order valence-corrected chi connectivity index (χ0v) is 10.6. The highest BCUT2D eigenvalue weighted by Gasteiger charge is 2.05. The second-order valence-corrected chi connectivity index (χ2v) is 4.09. The van der Waals surface area contributed by atoms with Gasteiger partial charge in [-0.05, 0) is 40.8 Å². The summed E-state index contributed by atoms with van der Waals surface area (Å²) in [5.41, 5.74) is 0.770. The van der Waals surface area contributed by atoms with Gasteiger partial charge in [0.05, 0.1) is 11.3 Å². The molecule has 0 fully saturated rings. The first kappa shape index (κ1) is 13.0. The van der Waals surface area contributed by atoms with Crippen molar-refractivity contribution in [2.45, 2.75) is 0 Å². The minimum absolute atomic E-state index is 0.0527. The van der Waals surface area contributed by atoms with Gasteiger partial charge in [0.15, 0.2) is 0 Å². The van der Waals surface area contributed by atoms with E-state index < -0.39 is 5.97 Å². The van der Waals surface area contributed by atoms with Gasteiger partial charge >= 0.3 is 5.97 Å². The molecule has 0 aliphatic carbocycles. The summed E-state index contributed by atoms with van der Waals surface area (Å²) < 4.78 is 0.689. The van der Waals surface area contributed by atoms with Gasteiger partial charge in [-0.15, -0.1) is 0 Å². The fraction of sp³-hybridized carbons (Fsp3) is 0. The summed E-state index contributed by atoms with van der Waals surface area (Å²) in [4.78, 5) is 10.7. The molecular weight excluding hydrogens is 333 g/mol. The molecule has 1 aromatic carbocycles. The molecular formula is C11H6IN3O2. The van der Waals surface area contributed by atoms with Crippen LogP contribution in [0, 0.1) is 26.2 Å². The van der Waals surface area contributed by atoms with Crippen molar-refractivity contribution in [2.24, 2.45) is 0 Å². The quantitative estimate of drug-likeness (QED) is 0.651. The van der Waals surface area contributed by atoms with Crippen LogP contribution in [0.4, 0.5) is 5.69 Å². The smallest absolute Gasteiger partial charge is 0.335 e. The van der Waals surface area contributed by atoms with Crippen LogP contribution in [-0.4, -0.2) is 11.1 Å². The van der Waals surface area contributed by atoms with Crippen molar-refractivity contribution in [3.8, 4) is 12.1 Å². The molecule has 1 rings (SSSR count). The Bertz CT molecular complexity index is 551. The number of nitriles is 2. The van der Waals surface area contributed by atoms with E-state index in [0.717, 1.165) is 0 Å². The summed E-state index contributed by atoms with van der Waals surface area (Å²) in [6, 6.07) is 7.94. The van der Waals surface area contributed by atoms with E-state index in [9.17, 15) is 4.79 Å². The Labute approximate surface area is 111 Å². The fourth-order valence-corrected chi connectivity index (χ4v) is 1.68. The lowest BCUT2D eigenvalue weighted by Crippen LogP contribution is -1.99. The van der Waals surface area contributed by atoms with Crippen LogP contribution in [0.15, 0.2) is 30.0 Å². The van der Waals surface area contributed by atoms with E-state index in [1.165, 1.54) is 18.3 Å². The number of nitrogens with zero attached hydrogens (tertiary/aromatic N) is 2. The molecule has 0 spiro atoms. The van der Waals surface area contributed by atoms with Gasteiger partial charge in [0.2, 0.25) is 0 Å². The number of allylic oxidation sites excluding steroid dienone is 1. The molecule has 5 nitrogen and oxygen atoms in total. The zero-order valence-electron chi connectivity index (χ0n) is 8.44. The fourth-order valence-electron chi connectivity index (χ4n) is 1.00. The SMILES string of the molecule is N#CC(C#N)=CNc1ccc(C(=O)O)cc1I. The maximum atomic E-state index is 10.7. The van der Waals surface area contributed by atoms with Gasteiger partial charge in [0.1, 0.15) is 17.7 Å². The zero-order chi connectivity index (χ0) is 12.8. The topological polar surface area (TPSA) is 96.9 Å². The number of carboxylic acids is 1. The lowest BCUT2D eigenvalue weighted by molar-refractivity contribution is 0.0697. The minimum atomic E-state index is -1.00. The summed E-state index contributed by atoms with van der Waals surface area (Å²) in [5.74, 6) is -1.00. The lowest BCUT2D eigenvalue weighted by Gasteiger charge is -2.04. The monoisotopic (exact) mass is 339 g/mol. The summed E-state index contributed by atoms with van der Waals surface area (Å²) in [7, 11) is 0. The van der Waals surface area contributed by atoms with Crippen LogP contribution < -0.4 is 5.32 Å². The highest BCUT2D eigenvalue weighted by atomic mass is 127. The molecule has 1 aromatic rings. The molecule has 0 unspecified atom stereocenters. The third-order valence-electron chi connectivity index (χ3n) is 1.83. The third-order valence-corrected chi connectivity index (χ3v) is 2.72. The largest absolute Gasteiger partial charge is 0.478 e. The van der Waals surface area contributed by atoms with Crippen molar-refractivity contribution in [3.05, 3.63) is 39.1 Å². The highest BCUT2D eigenvalue weighted by molar-refractivity contribution is 14.1. The summed E-state index contributed by atoms with van der Waals surface area (Å²) in [6.07, 6.45) is 1.28. The molecule has 0 saturated heterocycles. The van der Waals surface area contributed by atoms with Crippen molar-refractivity contribution >= 4 is 34.2 Å².